The Morgan fingerprint density at radius 2 is 1.60 bits per heavy atom. The van der Waals surface area contributed by atoms with Crippen LogP contribution in [-0.2, 0) is 13.6 Å². The minimum absolute atomic E-state index is 0.0769. The van der Waals surface area contributed by atoms with Gasteiger partial charge in [0.25, 0.3) is 5.88 Å². The highest BCUT2D eigenvalue weighted by atomic mass is 28.4. The fraction of sp³-hybridized carbons (Fsp3) is 0.548. The van der Waals surface area contributed by atoms with Gasteiger partial charge in [0.2, 0.25) is 0 Å². The monoisotopic (exact) mass is 607 g/mol. The average Bonchev–Trinajstić information content (AvgIpc) is 3.50. The minimum Gasteiger partial charge on any atom is -0.435 e. The van der Waals surface area contributed by atoms with E-state index in [1.165, 1.54) is 6.33 Å². The van der Waals surface area contributed by atoms with E-state index in [0.717, 1.165) is 10.9 Å². The number of imidazole rings is 1. The van der Waals surface area contributed by atoms with Crippen molar-refractivity contribution < 1.29 is 18.3 Å². The molecule has 1 aromatic carbocycles. The number of hydrogen-bond donors (Lipinski definition) is 0. The molecule has 0 bridgehead atoms. The number of rotatable bonds is 8. The smallest absolute Gasteiger partial charge is 0.251 e. The molecule has 1 aliphatic rings. The summed E-state index contributed by atoms with van der Waals surface area (Å²) in [6, 6.07) is 9.74. The summed E-state index contributed by atoms with van der Waals surface area (Å²) in [5, 5.41) is 1.17. The first-order valence-corrected chi connectivity index (χ1v) is 20.6. The molecule has 11 heteroatoms. The Bertz CT molecular complexity index is 1560. The Kier molecular flexibility index (Phi) is 8.12. The standard InChI is InChI=1S/C31H45N5O4Si2/c1-30(2,3)41(7,8)37-18-24-23(40-42(9,10)31(4,5)6)17-25(38-24)36-20-35-27-28(36)33-19-34-29(27)39-22-15-11-13-21-14-12-16-32-26(21)22/h11-16,19-20,23-25H,17-18H2,1-10H3/t23-,24+,25+/m0/s1. The lowest BCUT2D eigenvalue weighted by molar-refractivity contribution is -0.0383. The lowest BCUT2D eigenvalue weighted by Gasteiger charge is -2.40. The van der Waals surface area contributed by atoms with E-state index in [9.17, 15) is 0 Å². The summed E-state index contributed by atoms with van der Waals surface area (Å²) >= 11 is 0. The molecule has 3 atom stereocenters. The molecule has 1 aliphatic heterocycles. The predicted molar refractivity (Wildman–Crippen MR) is 171 cm³/mol. The number of para-hydroxylation sites is 1. The van der Waals surface area contributed by atoms with Crippen LogP contribution in [0.5, 0.6) is 11.6 Å². The topological polar surface area (TPSA) is 93.4 Å². The molecule has 1 saturated heterocycles. The van der Waals surface area contributed by atoms with Gasteiger partial charge in [0, 0.05) is 18.0 Å². The van der Waals surface area contributed by atoms with E-state index in [1.807, 2.05) is 34.9 Å². The lowest BCUT2D eigenvalue weighted by Crippen LogP contribution is -2.48. The van der Waals surface area contributed by atoms with Crippen LogP contribution in [0.15, 0.2) is 49.2 Å². The molecule has 0 N–H and O–H groups in total. The highest BCUT2D eigenvalue weighted by Gasteiger charge is 2.47. The second-order valence-electron chi connectivity index (χ2n) is 14.3. The number of fused-ring (bicyclic) bond motifs is 2. The predicted octanol–water partition coefficient (Wildman–Crippen LogP) is 7.87. The second-order valence-corrected chi connectivity index (χ2v) is 23.9. The third-order valence-electron chi connectivity index (χ3n) is 9.29. The van der Waals surface area contributed by atoms with Crippen LogP contribution in [0, 0.1) is 0 Å². The fourth-order valence-corrected chi connectivity index (χ4v) is 6.96. The second kappa shape index (κ2) is 11.1. The zero-order valence-corrected chi connectivity index (χ0v) is 28.6. The van der Waals surface area contributed by atoms with Gasteiger partial charge in [-0.25, -0.2) is 9.97 Å². The van der Waals surface area contributed by atoms with Gasteiger partial charge >= 0.3 is 0 Å². The first-order chi connectivity index (χ1) is 19.6. The molecular formula is C31H45N5O4Si2. The SMILES string of the molecule is CC(C)(C)[Si](C)(C)OC[C@H]1O[C@@H](n2cnc3c(Oc4cccc5cccnc45)ncnc32)C[C@@H]1O[Si](C)(C)C(C)(C)C. The highest BCUT2D eigenvalue weighted by Crippen LogP contribution is 2.43. The third kappa shape index (κ3) is 6.03. The first kappa shape index (κ1) is 30.7. The largest absolute Gasteiger partial charge is 0.435 e. The molecule has 3 aromatic heterocycles. The average molecular weight is 608 g/mol. The van der Waals surface area contributed by atoms with E-state index in [2.05, 4.69) is 87.7 Å². The van der Waals surface area contributed by atoms with Crippen molar-refractivity contribution in [2.45, 2.75) is 103 Å². The normalized spacial score (nSPS) is 20.5. The third-order valence-corrected chi connectivity index (χ3v) is 18.3. The van der Waals surface area contributed by atoms with Gasteiger partial charge in [-0.05, 0) is 48.4 Å². The molecule has 0 aliphatic carbocycles. The van der Waals surface area contributed by atoms with E-state index in [0.29, 0.717) is 35.8 Å². The summed E-state index contributed by atoms with van der Waals surface area (Å²) in [7, 11) is -4.05. The zero-order valence-electron chi connectivity index (χ0n) is 26.6. The van der Waals surface area contributed by atoms with Crippen LogP contribution >= 0.6 is 0 Å². The van der Waals surface area contributed by atoms with Gasteiger partial charge in [0.1, 0.15) is 24.2 Å². The van der Waals surface area contributed by atoms with Gasteiger partial charge in [-0.3, -0.25) is 9.55 Å². The van der Waals surface area contributed by atoms with Gasteiger partial charge in [-0.2, -0.15) is 4.98 Å². The number of pyridine rings is 1. The molecule has 4 aromatic rings. The number of aromatic nitrogens is 5. The van der Waals surface area contributed by atoms with Gasteiger partial charge in [-0.15, -0.1) is 0 Å². The molecule has 0 unspecified atom stereocenters. The summed E-state index contributed by atoms with van der Waals surface area (Å²) in [6.07, 6.45) is 5.10. The van der Waals surface area contributed by atoms with Crippen LogP contribution < -0.4 is 4.74 Å². The van der Waals surface area contributed by atoms with Crippen molar-refractivity contribution in [1.82, 2.24) is 24.5 Å². The lowest BCUT2D eigenvalue weighted by atomic mass is 10.2. The van der Waals surface area contributed by atoms with Crippen LogP contribution in [0.2, 0.25) is 36.3 Å². The maximum atomic E-state index is 6.96. The molecule has 0 radical (unpaired) electrons. The fourth-order valence-electron chi connectivity index (χ4n) is 4.59. The molecular weight excluding hydrogens is 563 g/mol. The number of benzene rings is 1. The highest BCUT2D eigenvalue weighted by molar-refractivity contribution is 6.74. The Morgan fingerprint density at radius 3 is 2.31 bits per heavy atom. The maximum Gasteiger partial charge on any atom is 0.251 e. The van der Waals surface area contributed by atoms with Crippen molar-refractivity contribution in [2.24, 2.45) is 0 Å². The van der Waals surface area contributed by atoms with Crippen LogP contribution in [0.25, 0.3) is 22.1 Å². The Balaban J connectivity index is 1.43. The minimum atomic E-state index is -2.07. The molecule has 0 spiro atoms. The van der Waals surface area contributed by atoms with Gasteiger partial charge in [0.05, 0.1) is 19.0 Å². The van der Waals surface area contributed by atoms with Gasteiger partial charge in [0.15, 0.2) is 33.5 Å². The van der Waals surface area contributed by atoms with Crippen molar-refractivity contribution in [3.63, 3.8) is 0 Å². The molecule has 0 saturated carbocycles. The Labute approximate surface area is 251 Å². The zero-order chi connectivity index (χ0) is 30.5. The number of ether oxygens (including phenoxy) is 2. The van der Waals surface area contributed by atoms with Crippen molar-refractivity contribution in [3.8, 4) is 11.6 Å². The number of nitrogens with zero attached hydrogens (tertiary/aromatic N) is 5. The quantitative estimate of drug-likeness (QED) is 0.187. The number of hydrogen-bond acceptors (Lipinski definition) is 8. The molecule has 1 fully saturated rings. The van der Waals surface area contributed by atoms with Gasteiger partial charge < -0.3 is 18.3 Å². The first-order valence-electron chi connectivity index (χ1n) is 14.7. The van der Waals surface area contributed by atoms with Crippen molar-refractivity contribution >= 4 is 38.7 Å². The van der Waals surface area contributed by atoms with Crippen LogP contribution in [-0.4, -0.2) is 60.0 Å². The van der Waals surface area contributed by atoms with Crippen molar-refractivity contribution in [2.75, 3.05) is 6.61 Å². The summed E-state index contributed by atoms with van der Waals surface area (Å²) in [4.78, 5) is 18.2. The van der Waals surface area contributed by atoms with E-state index < -0.39 is 16.6 Å². The van der Waals surface area contributed by atoms with Crippen molar-refractivity contribution in [3.05, 3.63) is 49.2 Å². The van der Waals surface area contributed by atoms with Crippen LogP contribution in [0.4, 0.5) is 0 Å². The molecule has 226 valence electrons. The summed E-state index contributed by atoms with van der Waals surface area (Å²) in [6.45, 7) is 23.2. The van der Waals surface area contributed by atoms with Crippen LogP contribution in [0.1, 0.15) is 54.2 Å². The van der Waals surface area contributed by atoms with E-state index in [-0.39, 0.29) is 28.5 Å². The Morgan fingerprint density at radius 1 is 0.881 bits per heavy atom. The Hall–Kier alpha value is -2.71. The summed E-state index contributed by atoms with van der Waals surface area (Å²) in [5.74, 6) is 0.993. The summed E-state index contributed by atoms with van der Waals surface area (Å²) < 4.78 is 28.6. The molecule has 9 nitrogen and oxygen atoms in total. The maximum absolute atomic E-state index is 6.96. The van der Waals surface area contributed by atoms with Crippen LogP contribution in [0.3, 0.4) is 0 Å². The molecule has 5 rings (SSSR count). The van der Waals surface area contributed by atoms with E-state index in [4.69, 9.17) is 18.3 Å². The van der Waals surface area contributed by atoms with E-state index >= 15 is 0 Å². The van der Waals surface area contributed by atoms with Gasteiger partial charge in [-0.1, -0.05) is 59.7 Å². The molecule has 0 amide bonds. The molecule has 4 heterocycles. The molecule has 42 heavy (non-hydrogen) atoms. The van der Waals surface area contributed by atoms with Crippen molar-refractivity contribution in [1.29, 1.82) is 0 Å². The summed E-state index contributed by atoms with van der Waals surface area (Å²) in [5.41, 5.74) is 1.98. The van der Waals surface area contributed by atoms with E-state index in [1.54, 1.807) is 12.5 Å².